The van der Waals surface area contributed by atoms with Crippen LogP contribution in [0.2, 0.25) is 0 Å². The van der Waals surface area contributed by atoms with Crippen molar-refractivity contribution in [3.8, 4) is 0 Å². The van der Waals surface area contributed by atoms with Gasteiger partial charge in [0.25, 0.3) is 0 Å². The molecule has 1 aliphatic rings. The van der Waals surface area contributed by atoms with E-state index in [2.05, 4.69) is 60.5 Å². The maximum atomic E-state index is 14.2. The Labute approximate surface area is 181 Å². The summed E-state index contributed by atoms with van der Waals surface area (Å²) in [6.45, 7) is 9.26. The summed E-state index contributed by atoms with van der Waals surface area (Å²) in [6, 6.07) is 9.17. The van der Waals surface area contributed by atoms with E-state index in [4.69, 9.17) is 0 Å². The van der Waals surface area contributed by atoms with Gasteiger partial charge in [0.1, 0.15) is 5.82 Å². The van der Waals surface area contributed by atoms with Crippen LogP contribution >= 0.6 is 15.9 Å². The van der Waals surface area contributed by atoms with Crippen molar-refractivity contribution in [1.82, 2.24) is 0 Å². The lowest BCUT2D eigenvalue weighted by molar-refractivity contribution is 0.0595. The summed E-state index contributed by atoms with van der Waals surface area (Å²) < 4.78 is 18.8. The summed E-state index contributed by atoms with van der Waals surface area (Å²) >= 11 is 3.63. The molecule has 0 radical (unpaired) electrons. The Morgan fingerprint density at radius 2 is 1.69 bits per heavy atom. The normalized spacial score (nSPS) is 17.2. The van der Waals surface area contributed by atoms with Crippen LogP contribution in [0.15, 0.2) is 30.3 Å². The van der Waals surface area contributed by atoms with Crippen LogP contribution in [0.4, 0.5) is 4.39 Å². The van der Waals surface area contributed by atoms with Crippen LogP contribution in [-0.4, -0.2) is 13.1 Å². The third-order valence-electron chi connectivity index (χ3n) is 6.11. The number of alkyl halides is 1. The van der Waals surface area contributed by atoms with Gasteiger partial charge in [-0.15, -0.1) is 0 Å². The van der Waals surface area contributed by atoms with Crippen LogP contribution in [0.1, 0.15) is 78.7 Å². The first-order chi connectivity index (χ1) is 13.6. The number of carbonyl (C=O) groups is 1. The minimum absolute atomic E-state index is 0.0523. The maximum Gasteiger partial charge on any atom is 0.340 e. The molecule has 154 valence electrons. The van der Waals surface area contributed by atoms with Gasteiger partial charge in [-0.3, -0.25) is 0 Å². The molecule has 0 aliphatic heterocycles. The fourth-order valence-corrected chi connectivity index (χ4v) is 4.53. The third kappa shape index (κ3) is 4.32. The molecule has 2 aromatic rings. The van der Waals surface area contributed by atoms with E-state index in [1.54, 1.807) is 6.07 Å². The van der Waals surface area contributed by atoms with Crippen molar-refractivity contribution in [3.63, 3.8) is 0 Å². The van der Waals surface area contributed by atoms with Gasteiger partial charge in [-0.25, -0.2) is 9.18 Å². The average molecular weight is 459 g/mol. The second-order valence-corrected chi connectivity index (χ2v) is 9.62. The molecule has 0 fully saturated rings. The molecule has 29 heavy (non-hydrogen) atoms. The van der Waals surface area contributed by atoms with Gasteiger partial charge >= 0.3 is 5.97 Å². The number of halogens is 2. The number of esters is 1. The van der Waals surface area contributed by atoms with Crippen molar-refractivity contribution >= 4 is 34.1 Å². The second kappa shape index (κ2) is 8.06. The molecule has 1 aliphatic carbocycles. The number of fused-ring (bicyclic) bond motifs is 1. The molecule has 0 N–H and O–H groups in total. The second-order valence-electron chi connectivity index (χ2n) is 9.06. The number of hydrogen-bond donors (Lipinski definition) is 0. The number of carbonyl (C=O) groups excluding carboxylic acids is 1. The summed E-state index contributed by atoms with van der Waals surface area (Å²) in [5, 5.41) is 0.756. The van der Waals surface area contributed by atoms with Crippen molar-refractivity contribution in [1.29, 1.82) is 0 Å². The molecular formula is C25H28BrFO2. The standard InChI is InChI=1S/C25H28BrFO2/c1-24(2)10-11-25(3,4)21-14-18(15-26)17(13-20(21)24)8-6-16-7-9-19(22(27)12-16)23(28)29-5/h6-9,12-14H,10-11,15H2,1-5H3. The Kier molecular flexibility index (Phi) is 6.05. The third-order valence-corrected chi connectivity index (χ3v) is 6.71. The lowest BCUT2D eigenvalue weighted by Crippen LogP contribution is -2.34. The topological polar surface area (TPSA) is 26.3 Å². The number of ether oxygens (including phenoxy) is 1. The molecule has 0 atom stereocenters. The first-order valence-corrected chi connectivity index (χ1v) is 11.0. The Bertz CT molecular complexity index is 973. The molecule has 4 heteroatoms. The SMILES string of the molecule is COC(=O)c1ccc(C=Cc2cc3c(cc2CBr)C(C)(C)CCC3(C)C)cc1F. The Morgan fingerprint density at radius 3 is 2.24 bits per heavy atom. The number of methoxy groups -OCH3 is 1. The summed E-state index contributed by atoms with van der Waals surface area (Å²) in [4.78, 5) is 11.6. The molecule has 0 heterocycles. The van der Waals surface area contributed by atoms with E-state index < -0.39 is 11.8 Å². The van der Waals surface area contributed by atoms with Crippen molar-refractivity contribution in [2.24, 2.45) is 0 Å². The molecule has 0 saturated heterocycles. The molecule has 0 bridgehead atoms. The molecule has 0 spiro atoms. The van der Waals surface area contributed by atoms with E-state index in [-0.39, 0.29) is 16.4 Å². The Morgan fingerprint density at radius 1 is 1.07 bits per heavy atom. The van der Waals surface area contributed by atoms with Crippen LogP contribution in [0.25, 0.3) is 12.2 Å². The fraction of sp³-hybridized carbons (Fsp3) is 0.400. The lowest BCUT2D eigenvalue weighted by atomic mass is 9.62. The first kappa shape index (κ1) is 21.8. The number of rotatable bonds is 4. The molecule has 0 unspecified atom stereocenters. The highest BCUT2D eigenvalue weighted by Crippen LogP contribution is 2.46. The number of hydrogen-bond acceptors (Lipinski definition) is 2. The van der Waals surface area contributed by atoms with Gasteiger partial charge in [-0.2, -0.15) is 0 Å². The molecule has 0 amide bonds. The van der Waals surface area contributed by atoms with Crippen LogP contribution in [-0.2, 0) is 20.9 Å². The minimum Gasteiger partial charge on any atom is -0.465 e. The van der Waals surface area contributed by atoms with E-state index in [1.807, 2.05) is 12.2 Å². The molecule has 2 aromatic carbocycles. The van der Waals surface area contributed by atoms with Crippen LogP contribution in [0.5, 0.6) is 0 Å². The zero-order valence-corrected chi connectivity index (χ0v) is 19.3. The largest absolute Gasteiger partial charge is 0.465 e. The fourth-order valence-electron chi connectivity index (χ4n) is 4.04. The van der Waals surface area contributed by atoms with E-state index in [0.29, 0.717) is 5.56 Å². The summed E-state index contributed by atoms with van der Waals surface area (Å²) in [7, 11) is 1.25. The van der Waals surface area contributed by atoms with Crippen molar-refractivity contribution in [2.75, 3.05) is 7.11 Å². The van der Waals surface area contributed by atoms with E-state index in [9.17, 15) is 9.18 Å². The number of benzene rings is 2. The average Bonchev–Trinajstić information content (AvgIpc) is 2.69. The predicted molar refractivity (Wildman–Crippen MR) is 121 cm³/mol. The molecule has 2 nitrogen and oxygen atoms in total. The van der Waals surface area contributed by atoms with Crippen LogP contribution in [0, 0.1) is 5.82 Å². The van der Waals surface area contributed by atoms with Crippen LogP contribution in [0.3, 0.4) is 0 Å². The monoisotopic (exact) mass is 458 g/mol. The summed E-state index contributed by atoms with van der Waals surface area (Å²) in [5.74, 6) is -1.24. The van der Waals surface area contributed by atoms with Gasteiger partial charge in [0, 0.05) is 5.33 Å². The lowest BCUT2D eigenvalue weighted by Gasteiger charge is -2.42. The zero-order valence-electron chi connectivity index (χ0n) is 17.7. The molecule has 3 rings (SSSR count). The van der Waals surface area contributed by atoms with Crippen molar-refractivity contribution in [3.05, 3.63) is 69.5 Å². The van der Waals surface area contributed by atoms with Gasteiger partial charge in [0.2, 0.25) is 0 Å². The molecular weight excluding hydrogens is 431 g/mol. The van der Waals surface area contributed by atoms with Gasteiger partial charge in [-0.1, -0.05) is 74.0 Å². The highest BCUT2D eigenvalue weighted by Gasteiger charge is 2.37. The Balaban J connectivity index is 2.01. The van der Waals surface area contributed by atoms with Crippen molar-refractivity contribution in [2.45, 2.75) is 56.7 Å². The first-order valence-electron chi connectivity index (χ1n) is 9.89. The minimum atomic E-state index is -0.667. The van der Waals surface area contributed by atoms with Gasteiger partial charge in [0.05, 0.1) is 12.7 Å². The van der Waals surface area contributed by atoms with Gasteiger partial charge < -0.3 is 4.74 Å². The van der Waals surface area contributed by atoms with E-state index in [1.165, 1.54) is 42.4 Å². The smallest absolute Gasteiger partial charge is 0.340 e. The highest BCUT2D eigenvalue weighted by molar-refractivity contribution is 9.08. The highest BCUT2D eigenvalue weighted by atomic mass is 79.9. The molecule has 0 aromatic heterocycles. The summed E-state index contributed by atoms with van der Waals surface area (Å²) in [5.41, 5.74) is 6.11. The quantitative estimate of drug-likeness (QED) is 0.279. The van der Waals surface area contributed by atoms with Gasteiger partial charge in [0.15, 0.2) is 0 Å². The van der Waals surface area contributed by atoms with E-state index in [0.717, 1.165) is 17.3 Å². The zero-order chi connectivity index (χ0) is 21.4. The van der Waals surface area contributed by atoms with Crippen molar-refractivity contribution < 1.29 is 13.9 Å². The van der Waals surface area contributed by atoms with Crippen LogP contribution < -0.4 is 0 Å². The summed E-state index contributed by atoms with van der Waals surface area (Å²) in [6.07, 6.45) is 6.25. The predicted octanol–water partition coefficient (Wildman–Crippen LogP) is 7.03. The van der Waals surface area contributed by atoms with E-state index >= 15 is 0 Å². The van der Waals surface area contributed by atoms with Gasteiger partial charge in [-0.05, 0) is 63.6 Å². The maximum absolute atomic E-state index is 14.2. The molecule has 0 saturated carbocycles. The Hall–Kier alpha value is -1.94.